The number of hydrogen-bond acceptors (Lipinski definition) is 5. The minimum atomic E-state index is -3.15. The summed E-state index contributed by atoms with van der Waals surface area (Å²) in [6.45, 7) is 8.81. The van der Waals surface area contributed by atoms with E-state index in [1.165, 1.54) is 5.56 Å². The molecule has 166 valence electrons. The second-order valence-corrected chi connectivity index (χ2v) is 8.61. The van der Waals surface area contributed by atoms with Crippen molar-refractivity contribution >= 4 is 40.0 Å². The van der Waals surface area contributed by atoms with Crippen molar-refractivity contribution in [1.82, 2.24) is 15.4 Å². The minimum absolute atomic E-state index is 0. The molecule has 10 heteroatoms. The summed E-state index contributed by atoms with van der Waals surface area (Å²) in [6, 6.07) is 4.08. The molecule has 0 bridgehead atoms. The van der Waals surface area contributed by atoms with Gasteiger partial charge in [0.15, 0.2) is 5.96 Å². The average Bonchev–Trinajstić information content (AvgIpc) is 2.97. The number of benzene rings is 1. The summed E-state index contributed by atoms with van der Waals surface area (Å²) < 4.78 is 36.3. The van der Waals surface area contributed by atoms with Crippen molar-refractivity contribution in [3.8, 4) is 11.5 Å². The van der Waals surface area contributed by atoms with Crippen molar-refractivity contribution in [2.24, 2.45) is 4.99 Å². The zero-order valence-corrected chi connectivity index (χ0v) is 20.7. The molecule has 0 aromatic heterocycles. The lowest BCUT2D eigenvalue weighted by molar-refractivity contribution is 0.254. The summed E-state index contributed by atoms with van der Waals surface area (Å²) in [7, 11) is -3.15. The van der Waals surface area contributed by atoms with E-state index in [9.17, 15) is 8.42 Å². The molecule has 0 aliphatic carbocycles. The van der Waals surface area contributed by atoms with Crippen LogP contribution in [0.4, 0.5) is 0 Å². The van der Waals surface area contributed by atoms with E-state index < -0.39 is 10.0 Å². The lowest BCUT2D eigenvalue weighted by Gasteiger charge is -2.14. The Morgan fingerprint density at radius 3 is 2.69 bits per heavy atom. The van der Waals surface area contributed by atoms with Crippen LogP contribution in [0.3, 0.4) is 0 Å². The maximum absolute atomic E-state index is 11.1. The highest BCUT2D eigenvalue weighted by Crippen LogP contribution is 2.35. The molecule has 1 heterocycles. The molecule has 0 spiro atoms. The Kier molecular flexibility index (Phi) is 11.0. The highest BCUT2D eigenvalue weighted by atomic mass is 127. The van der Waals surface area contributed by atoms with Gasteiger partial charge in [0.05, 0.1) is 19.4 Å². The van der Waals surface area contributed by atoms with E-state index in [4.69, 9.17) is 9.47 Å². The third kappa shape index (κ3) is 8.95. The van der Waals surface area contributed by atoms with Crippen LogP contribution in [0.2, 0.25) is 0 Å². The Morgan fingerprint density at radius 2 is 2.03 bits per heavy atom. The highest BCUT2D eigenvalue weighted by molar-refractivity contribution is 14.0. The number of hydrogen-bond donors (Lipinski definition) is 3. The van der Waals surface area contributed by atoms with Gasteiger partial charge >= 0.3 is 0 Å². The molecular weight excluding hydrogens is 507 g/mol. The molecule has 8 nitrogen and oxygen atoms in total. The van der Waals surface area contributed by atoms with E-state index in [0.29, 0.717) is 38.6 Å². The van der Waals surface area contributed by atoms with Gasteiger partial charge in [0.25, 0.3) is 0 Å². The number of ether oxygens (including phenoxy) is 2. The van der Waals surface area contributed by atoms with Gasteiger partial charge in [-0.25, -0.2) is 18.1 Å². The quantitative estimate of drug-likeness (QED) is 0.182. The molecule has 1 unspecified atom stereocenters. The van der Waals surface area contributed by atoms with Gasteiger partial charge in [-0.3, -0.25) is 0 Å². The number of nitrogens with zero attached hydrogens (tertiary/aromatic N) is 1. The van der Waals surface area contributed by atoms with Crippen molar-refractivity contribution < 1.29 is 17.9 Å². The van der Waals surface area contributed by atoms with Crippen LogP contribution in [0, 0.1) is 0 Å². The second-order valence-electron chi connectivity index (χ2n) is 6.78. The molecule has 0 fully saturated rings. The number of halogens is 1. The van der Waals surface area contributed by atoms with Crippen molar-refractivity contribution in [3.63, 3.8) is 0 Å². The summed E-state index contributed by atoms with van der Waals surface area (Å²) in [4.78, 5) is 4.64. The van der Waals surface area contributed by atoms with Crippen molar-refractivity contribution in [1.29, 1.82) is 0 Å². The fraction of sp³-hybridized carbons (Fsp3) is 0.632. The number of guanidine groups is 1. The molecule has 1 atom stereocenters. The van der Waals surface area contributed by atoms with Crippen LogP contribution in [-0.4, -0.2) is 53.0 Å². The van der Waals surface area contributed by atoms with Crippen molar-refractivity contribution in [3.05, 3.63) is 23.3 Å². The van der Waals surface area contributed by atoms with Gasteiger partial charge in [-0.1, -0.05) is 0 Å². The molecule has 1 aliphatic rings. The zero-order valence-electron chi connectivity index (χ0n) is 17.6. The predicted octanol–water partition coefficient (Wildman–Crippen LogP) is 2.02. The van der Waals surface area contributed by atoms with Gasteiger partial charge in [-0.2, -0.15) is 0 Å². The Labute approximate surface area is 191 Å². The van der Waals surface area contributed by atoms with Gasteiger partial charge in [0.2, 0.25) is 10.0 Å². The smallest absolute Gasteiger partial charge is 0.208 e. The van der Waals surface area contributed by atoms with Crippen LogP contribution in [0.25, 0.3) is 0 Å². The first-order chi connectivity index (χ1) is 13.3. The largest absolute Gasteiger partial charge is 0.494 e. The normalized spacial score (nSPS) is 15.9. The molecule has 29 heavy (non-hydrogen) atoms. The predicted molar refractivity (Wildman–Crippen MR) is 127 cm³/mol. The van der Waals surface area contributed by atoms with Crippen molar-refractivity contribution in [2.75, 3.05) is 32.5 Å². The fourth-order valence-electron chi connectivity index (χ4n) is 2.95. The first kappa shape index (κ1) is 25.8. The number of aliphatic imine (C=N–C) groups is 1. The lowest BCUT2D eigenvalue weighted by Crippen LogP contribution is -2.38. The van der Waals surface area contributed by atoms with Crippen LogP contribution in [0.5, 0.6) is 11.5 Å². The van der Waals surface area contributed by atoms with E-state index in [-0.39, 0.29) is 30.1 Å². The summed E-state index contributed by atoms with van der Waals surface area (Å²) >= 11 is 0. The van der Waals surface area contributed by atoms with E-state index in [0.717, 1.165) is 36.3 Å². The number of fused-ring (bicyclic) bond motifs is 1. The van der Waals surface area contributed by atoms with Crippen LogP contribution < -0.4 is 24.8 Å². The number of rotatable bonds is 10. The lowest BCUT2D eigenvalue weighted by atomic mass is 10.1. The molecule has 0 amide bonds. The van der Waals surface area contributed by atoms with Gasteiger partial charge < -0.3 is 20.1 Å². The van der Waals surface area contributed by atoms with E-state index >= 15 is 0 Å². The maximum Gasteiger partial charge on any atom is 0.208 e. The average molecular weight is 540 g/mol. The van der Waals surface area contributed by atoms with E-state index in [1.807, 2.05) is 19.9 Å². The number of nitrogens with one attached hydrogen (secondary N) is 3. The summed E-state index contributed by atoms with van der Waals surface area (Å²) in [5, 5.41) is 6.42. The Morgan fingerprint density at radius 1 is 1.28 bits per heavy atom. The molecular formula is C19H33IN4O4S. The molecule has 3 N–H and O–H groups in total. The molecule has 0 saturated heterocycles. The van der Waals surface area contributed by atoms with E-state index in [2.05, 4.69) is 33.3 Å². The van der Waals surface area contributed by atoms with Crippen LogP contribution in [0.15, 0.2) is 17.1 Å². The summed E-state index contributed by atoms with van der Waals surface area (Å²) in [6.07, 6.45) is 2.89. The zero-order chi connectivity index (χ0) is 20.6. The summed E-state index contributed by atoms with van der Waals surface area (Å²) in [5.41, 5.74) is 2.15. The Bertz CT molecular complexity index is 787. The minimum Gasteiger partial charge on any atom is -0.494 e. The first-order valence-electron chi connectivity index (χ1n) is 9.74. The van der Waals surface area contributed by atoms with Gasteiger partial charge in [0.1, 0.15) is 17.6 Å². The van der Waals surface area contributed by atoms with Gasteiger partial charge in [0, 0.05) is 37.2 Å². The topological polar surface area (TPSA) is 101 Å². The Balaban J connectivity index is 0.00000420. The fourth-order valence-corrected chi connectivity index (χ4v) is 3.47. The molecule has 1 aliphatic heterocycles. The maximum atomic E-state index is 11.1. The molecule has 2 rings (SSSR count). The van der Waals surface area contributed by atoms with Crippen LogP contribution in [0.1, 0.15) is 38.3 Å². The second kappa shape index (κ2) is 12.4. The third-order valence-electron chi connectivity index (χ3n) is 4.14. The monoisotopic (exact) mass is 540 g/mol. The molecule has 1 aromatic carbocycles. The first-order valence-corrected chi connectivity index (χ1v) is 11.6. The van der Waals surface area contributed by atoms with Gasteiger partial charge in [-0.15, -0.1) is 24.0 Å². The van der Waals surface area contributed by atoms with E-state index in [1.54, 1.807) is 0 Å². The highest BCUT2D eigenvalue weighted by Gasteiger charge is 2.21. The summed E-state index contributed by atoms with van der Waals surface area (Å²) in [5.74, 6) is 2.43. The number of sulfonamides is 1. The Hall–Kier alpha value is -1.27. The van der Waals surface area contributed by atoms with Gasteiger partial charge in [-0.05, 0) is 39.3 Å². The molecule has 0 radical (unpaired) electrons. The van der Waals surface area contributed by atoms with Crippen LogP contribution >= 0.6 is 24.0 Å². The SMILES string of the molecule is CCNC(=NCc1cc2c(cc1OCC)CC(C)O2)NCCCNS(C)(=O)=O.I. The molecule has 0 saturated carbocycles. The standard InChI is InChI=1S/C19H32N4O4S.HI/c1-5-20-19(21-8-7-9-23-28(4,24)25)22-13-16-12-18-15(10-14(3)27-18)11-17(16)26-6-2;/h11-12,14,23H,5-10,13H2,1-4H3,(H2,20,21,22);1H. The van der Waals surface area contributed by atoms with Crippen molar-refractivity contribution in [2.45, 2.75) is 46.3 Å². The third-order valence-corrected chi connectivity index (χ3v) is 4.87. The van der Waals surface area contributed by atoms with Crippen LogP contribution in [-0.2, 0) is 23.0 Å². The molecule has 1 aromatic rings.